The number of nitrogens with zero attached hydrogens (tertiary/aromatic N) is 1. The predicted molar refractivity (Wildman–Crippen MR) is 78.9 cm³/mol. The number of halogens is 2. The number of likely N-dealkylation sites (tertiary alicyclic amines) is 1. The second kappa shape index (κ2) is 6.93. The van der Waals surface area contributed by atoms with Gasteiger partial charge in [0.1, 0.15) is 11.8 Å². The lowest BCUT2D eigenvalue weighted by Gasteiger charge is -2.33. The number of aliphatic carboxylic acids is 1. The van der Waals surface area contributed by atoms with Crippen LogP contribution in [0.1, 0.15) is 40.7 Å². The fourth-order valence-electron chi connectivity index (χ4n) is 2.95. The van der Waals surface area contributed by atoms with Gasteiger partial charge >= 0.3 is 12.6 Å². The Kier molecular flexibility index (Phi) is 5.18. The monoisotopic (exact) mass is 327 g/mol. The van der Waals surface area contributed by atoms with Crippen LogP contribution in [-0.2, 0) is 4.79 Å². The zero-order chi connectivity index (χ0) is 17.1. The van der Waals surface area contributed by atoms with Gasteiger partial charge in [-0.25, -0.2) is 4.79 Å². The number of carboxylic acids is 1. The highest BCUT2D eigenvalue weighted by Crippen LogP contribution is 2.28. The van der Waals surface area contributed by atoms with Gasteiger partial charge in [-0.05, 0) is 56.4 Å². The van der Waals surface area contributed by atoms with E-state index in [-0.39, 0.29) is 11.3 Å². The SMILES string of the molecule is Cc1cc(C(=O)N2CCCC[C@@H]2C(=O)O)cc(C)c1OC(F)F. The molecule has 0 spiro atoms. The van der Waals surface area contributed by atoms with Crippen molar-refractivity contribution in [3.05, 3.63) is 28.8 Å². The van der Waals surface area contributed by atoms with E-state index in [0.717, 1.165) is 12.8 Å². The Bertz CT molecular complexity index is 595. The fourth-order valence-corrected chi connectivity index (χ4v) is 2.95. The van der Waals surface area contributed by atoms with Crippen LogP contribution in [0.4, 0.5) is 8.78 Å². The molecule has 7 heteroatoms. The Hall–Kier alpha value is -2.18. The van der Waals surface area contributed by atoms with E-state index in [1.54, 1.807) is 13.8 Å². The molecule has 1 aliphatic heterocycles. The third kappa shape index (κ3) is 3.78. The van der Waals surface area contributed by atoms with Gasteiger partial charge in [-0.2, -0.15) is 8.78 Å². The molecule has 1 atom stereocenters. The van der Waals surface area contributed by atoms with Gasteiger partial charge in [-0.3, -0.25) is 4.79 Å². The first-order valence-corrected chi connectivity index (χ1v) is 7.41. The summed E-state index contributed by atoms with van der Waals surface area (Å²) in [5, 5.41) is 9.26. The second-order valence-electron chi connectivity index (χ2n) is 5.67. The molecule has 5 nitrogen and oxygen atoms in total. The Morgan fingerprint density at radius 1 is 1.26 bits per heavy atom. The third-order valence-electron chi connectivity index (χ3n) is 3.96. The Balaban J connectivity index is 2.30. The molecular weight excluding hydrogens is 308 g/mol. The molecule has 1 saturated heterocycles. The predicted octanol–water partition coefficient (Wildman–Crippen LogP) is 2.98. The molecule has 1 aromatic carbocycles. The molecule has 1 aliphatic rings. The number of ether oxygens (including phenoxy) is 1. The summed E-state index contributed by atoms with van der Waals surface area (Å²) in [6, 6.07) is 2.08. The summed E-state index contributed by atoms with van der Waals surface area (Å²) < 4.78 is 29.3. The van der Waals surface area contributed by atoms with Crippen LogP contribution in [0.2, 0.25) is 0 Å². The number of hydrogen-bond donors (Lipinski definition) is 1. The lowest BCUT2D eigenvalue weighted by atomic mass is 9.99. The maximum absolute atomic E-state index is 12.6. The van der Waals surface area contributed by atoms with Crippen LogP contribution in [0.15, 0.2) is 12.1 Å². The van der Waals surface area contributed by atoms with Crippen molar-refractivity contribution < 1.29 is 28.2 Å². The maximum atomic E-state index is 12.6. The van der Waals surface area contributed by atoms with Crippen molar-refractivity contribution in [3.63, 3.8) is 0 Å². The molecule has 0 saturated carbocycles. The van der Waals surface area contributed by atoms with Crippen LogP contribution in [0.3, 0.4) is 0 Å². The van der Waals surface area contributed by atoms with Crippen LogP contribution in [0.25, 0.3) is 0 Å². The first-order chi connectivity index (χ1) is 10.8. The molecule has 0 aromatic heterocycles. The summed E-state index contributed by atoms with van der Waals surface area (Å²) in [5.74, 6) is -1.37. The Labute approximate surface area is 132 Å². The number of hydrogen-bond acceptors (Lipinski definition) is 3. The van der Waals surface area contributed by atoms with Gasteiger partial charge in [0.15, 0.2) is 0 Å². The highest BCUT2D eigenvalue weighted by Gasteiger charge is 2.32. The molecule has 0 aliphatic carbocycles. The van der Waals surface area contributed by atoms with Crippen LogP contribution < -0.4 is 4.74 Å². The third-order valence-corrected chi connectivity index (χ3v) is 3.96. The van der Waals surface area contributed by atoms with Crippen LogP contribution in [-0.4, -0.2) is 41.1 Å². The van der Waals surface area contributed by atoms with E-state index in [9.17, 15) is 23.5 Å². The number of carbonyl (C=O) groups is 2. The van der Waals surface area contributed by atoms with Crippen molar-refractivity contribution in [2.75, 3.05) is 6.54 Å². The quantitative estimate of drug-likeness (QED) is 0.923. The summed E-state index contributed by atoms with van der Waals surface area (Å²) in [6.07, 6.45) is 1.94. The van der Waals surface area contributed by atoms with Gasteiger partial charge in [0.05, 0.1) is 0 Å². The number of benzene rings is 1. The van der Waals surface area contributed by atoms with Gasteiger partial charge in [0, 0.05) is 12.1 Å². The molecule has 126 valence electrons. The van der Waals surface area contributed by atoms with E-state index in [4.69, 9.17) is 0 Å². The first-order valence-electron chi connectivity index (χ1n) is 7.41. The average Bonchev–Trinajstić information content (AvgIpc) is 2.49. The highest BCUT2D eigenvalue weighted by molar-refractivity contribution is 5.97. The van der Waals surface area contributed by atoms with Crippen LogP contribution >= 0.6 is 0 Å². The van der Waals surface area contributed by atoms with Crippen LogP contribution in [0, 0.1) is 13.8 Å². The first kappa shape index (κ1) is 17.2. The van der Waals surface area contributed by atoms with E-state index in [1.165, 1.54) is 17.0 Å². The van der Waals surface area contributed by atoms with Gasteiger partial charge in [-0.15, -0.1) is 0 Å². The number of amides is 1. The molecule has 2 rings (SSSR count). The lowest BCUT2D eigenvalue weighted by Crippen LogP contribution is -2.48. The lowest BCUT2D eigenvalue weighted by molar-refractivity contribution is -0.143. The largest absolute Gasteiger partial charge is 0.480 e. The van der Waals surface area contributed by atoms with E-state index in [1.807, 2.05) is 0 Å². The molecule has 1 aromatic rings. The van der Waals surface area contributed by atoms with Crippen molar-refractivity contribution in [1.29, 1.82) is 0 Å². The molecule has 1 N–H and O–H groups in total. The number of alkyl halides is 2. The molecular formula is C16H19F2NO4. The highest BCUT2D eigenvalue weighted by atomic mass is 19.3. The molecule has 1 amide bonds. The van der Waals surface area contributed by atoms with E-state index in [0.29, 0.717) is 24.1 Å². The van der Waals surface area contributed by atoms with Crippen molar-refractivity contribution in [1.82, 2.24) is 4.90 Å². The number of rotatable bonds is 4. The Morgan fingerprint density at radius 3 is 2.39 bits per heavy atom. The summed E-state index contributed by atoms with van der Waals surface area (Å²) in [5.41, 5.74) is 1.12. The summed E-state index contributed by atoms with van der Waals surface area (Å²) in [6.45, 7) is 0.592. The van der Waals surface area contributed by atoms with E-state index < -0.39 is 24.5 Å². The van der Waals surface area contributed by atoms with Gasteiger partial charge in [-0.1, -0.05) is 0 Å². The molecule has 1 fully saturated rings. The van der Waals surface area contributed by atoms with Gasteiger partial charge < -0.3 is 14.7 Å². The van der Waals surface area contributed by atoms with E-state index in [2.05, 4.69) is 4.74 Å². The number of carbonyl (C=O) groups excluding carboxylic acids is 1. The second-order valence-corrected chi connectivity index (χ2v) is 5.67. The summed E-state index contributed by atoms with van der Waals surface area (Å²) in [4.78, 5) is 25.3. The molecule has 1 heterocycles. The standard InChI is InChI=1S/C16H19F2NO4/c1-9-7-11(8-10(2)13(9)23-16(17)18)14(20)19-6-4-3-5-12(19)15(21)22/h7-8,12,16H,3-6H2,1-2H3,(H,21,22)/t12-/m1/s1. The average molecular weight is 327 g/mol. The molecule has 0 bridgehead atoms. The van der Waals surface area contributed by atoms with Crippen molar-refractivity contribution in [2.45, 2.75) is 45.8 Å². The number of aryl methyl sites for hydroxylation is 2. The van der Waals surface area contributed by atoms with E-state index >= 15 is 0 Å². The van der Waals surface area contributed by atoms with Gasteiger partial charge in [0.2, 0.25) is 0 Å². The molecule has 0 radical (unpaired) electrons. The summed E-state index contributed by atoms with van der Waals surface area (Å²) in [7, 11) is 0. The number of carboxylic acid groups (broad SMARTS) is 1. The van der Waals surface area contributed by atoms with Gasteiger partial charge in [0.25, 0.3) is 5.91 Å². The minimum absolute atomic E-state index is 0.0463. The van der Waals surface area contributed by atoms with Crippen molar-refractivity contribution >= 4 is 11.9 Å². The smallest absolute Gasteiger partial charge is 0.387 e. The zero-order valence-corrected chi connectivity index (χ0v) is 13.0. The molecule has 23 heavy (non-hydrogen) atoms. The summed E-state index contributed by atoms with van der Waals surface area (Å²) >= 11 is 0. The number of piperidine rings is 1. The molecule has 0 unspecified atom stereocenters. The minimum Gasteiger partial charge on any atom is -0.480 e. The maximum Gasteiger partial charge on any atom is 0.387 e. The minimum atomic E-state index is -2.94. The van der Waals surface area contributed by atoms with Crippen molar-refractivity contribution in [3.8, 4) is 5.75 Å². The fraction of sp³-hybridized carbons (Fsp3) is 0.500. The van der Waals surface area contributed by atoms with Crippen LogP contribution in [0.5, 0.6) is 5.75 Å². The normalized spacial score (nSPS) is 18.1. The Morgan fingerprint density at radius 2 is 1.87 bits per heavy atom. The zero-order valence-electron chi connectivity index (χ0n) is 13.0. The topological polar surface area (TPSA) is 66.8 Å². The van der Waals surface area contributed by atoms with Crippen molar-refractivity contribution in [2.24, 2.45) is 0 Å².